The van der Waals surface area contributed by atoms with E-state index in [1.807, 2.05) is 0 Å². The number of ether oxygens (including phenoxy) is 1. The van der Waals surface area contributed by atoms with Crippen LogP contribution in [0.2, 0.25) is 0 Å². The van der Waals surface area contributed by atoms with Crippen molar-refractivity contribution in [2.75, 3.05) is 13.7 Å². The first-order valence-electron chi connectivity index (χ1n) is 4.36. The second-order valence-electron chi connectivity index (χ2n) is 3.42. The van der Waals surface area contributed by atoms with Crippen LogP contribution in [0.3, 0.4) is 0 Å². The van der Waals surface area contributed by atoms with E-state index in [1.165, 1.54) is 0 Å². The summed E-state index contributed by atoms with van der Waals surface area (Å²) >= 11 is 0. The zero-order chi connectivity index (χ0) is 8.97. The fourth-order valence-corrected chi connectivity index (χ4v) is 1.76. The Bertz CT molecular complexity index is 152. The standard InChI is InChI=1S/C8H15NO3/c1-12-6-7-2-4-8(5-3-7)9(10)11/h7-8H,2-6H2,1H3. The minimum absolute atomic E-state index is 0.150. The zero-order valence-corrected chi connectivity index (χ0v) is 7.36. The van der Waals surface area contributed by atoms with Crippen LogP contribution in [0, 0.1) is 16.0 Å². The number of nitrogens with zero attached hydrogens (tertiary/aromatic N) is 1. The molecule has 0 unspecified atom stereocenters. The summed E-state index contributed by atoms with van der Waals surface area (Å²) < 4.78 is 5.01. The third-order valence-electron chi connectivity index (χ3n) is 2.52. The molecule has 0 spiro atoms. The third kappa shape index (κ3) is 2.44. The fourth-order valence-electron chi connectivity index (χ4n) is 1.76. The number of hydrogen-bond acceptors (Lipinski definition) is 3. The normalized spacial score (nSPS) is 30.1. The molecule has 12 heavy (non-hydrogen) atoms. The van der Waals surface area contributed by atoms with E-state index in [0.29, 0.717) is 5.92 Å². The fraction of sp³-hybridized carbons (Fsp3) is 1.00. The molecular formula is C8H15NO3. The highest BCUT2D eigenvalue weighted by atomic mass is 16.6. The van der Waals surface area contributed by atoms with Gasteiger partial charge in [0.15, 0.2) is 0 Å². The molecule has 0 aliphatic heterocycles. The Morgan fingerprint density at radius 2 is 2.00 bits per heavy atom. The van der Waals surface area contributed by atoms with Crippen molar-refractivity contribution in [3.63, 3.8) is 0 Å². The summed E-state index contributed by atoms with van der Waals surface area (Å²) in [6.07, 6.45) is 3.33. The van der Waals surface area contributed by atoms with Gasteiger partial charge in [0.1, 0.15) is 0 Å². The molecule has 4 heteroatoms. The molecular weight excluding hydrogens is 158 g/mol. The SMILES string of the molecule is COCC1CCC([N+](=O)[O-])CC1. The molecule has 0 amide bonds. The summed E-state index contributed by atoms with van der Waals surface area (Å²) in [6, 6.07) is -0.293. The Morgan fingerprint density at radius 3 is 2.42 bits per heavy atom. The predicted molar refractivity (Wildman–Crippen MR) is 44.6 cm³/mol. The van der Waals surface area contributed by atoms with Crippen molar-refractivity contribution in [3.8, 4) is 0 Å². The van der Waals surface area contributed by atoms with Gasteiger partial charge in [-0.1, -0.05) is 0 Å². The molecule has 1 fully saturated rings. The van der Waals surface area contributed by atoms with Gasteiger partial charge in [0, 0.05) is 31.5 Å². The van der Waals surface area contributed by atoms with Crippen molar-refractivity contribution >= 4 is 0 Å². The Kier molecular flexibility index (Phi) is 3.47. The highest BCUT2D eigenvalue weighted by Crippen LogP contribution is 2.25. The van der Waals surface area contributed by atoms with E-state index in [0.717, 1.165) is 32.3 Å². The summed E-state index contributed by atoms with van der Waals surface area (Å²) in [4.78, 5) is 10.2. The lowest BCUT2D eigenvalue weighted by molar-refractivity contribution is -0.527. The molecule has 4 nitrogen and oxygen atoms in total. The predicted octanol–water partition coefficient (Wildman–Crippen LogP) is 1.47. The first-order chi connectivity index (χ1) is 5.74. The second-order valence-corrected chi connectivity index (χ2v) is 3.42. The van der Waals surface area contributed by atoms with Crippen LogP contribution in [0.15, 0.2) is 0 Å². The topological polar surface area (TPSA) is 52.4 Å². The summed E-state index contributed by atoms with van der Waals surface area (Å²) in [5.74, 6) is 0.547. The van der Waals surface area contributed by atoms with E-state index in [9.17, 15) is 10.1 Å². The zero-order valence-electron chi connectivity index (χ0n) is 7.36. The van der Waals surface area contributed by atoms with Gasteiger partial charge < -0.3 is 4.74 Å². The molecule has 1 rings (SSSR count). The molecule has 0 aromatic carbocycles. The van der Waals surface area contributed by atoms with E-state index in [2.05, 4.69) is 0 Å². The first kappa shape index (κ1) is 9.45. The lowest BCUT2D eigenvalue weighted by Crippen LogP contribution is -2.27. The smallest absolute Gasteiger partial charge is 0.213 e. The molecule has 0 atom stereocenters. The number of hydrogen-bond donors (Lipinski definition) is 0. The van der Waals surface area contributed by atoms with Crippen LogP contribution in [0.1, 0.15) is 25.7 Å². The van der Waals surface area contributed by atoms with E-state index >= 15 is 0 Å². The molecule has 0 aromatic heterocycles. The highest BCUT2D eigenvalue weighted by Gasteiger charge is 2.27. The molecule has 0 radical (unpaired) electrons. The van der Waals surface area contributed by atoms with E-state index in [4.69, 9.17) is 4.74 Å². The lowest BCUT2D eigenvalue weighted by atomic mass is 9.87. The number of nitro groups is 1. The Morgan fingerprint density at radius 1 is 1.42 bits per heavy atom. The first-order valence-corrected chi connectivity index (χ1v) is 4.36. The van der Waals surface area contributed by atoms with Crippen LogP contribution in [-0.2, 0) is 4.74 Å². The van der Waals surface area contributed by atoms with Gasteiger partial charge in [-0.25, -0.2) is 0 Å². The van der Waals surface area contributed by atoms with Gasteiger partial charge in [-0.15, -0.1) is 0 Å². The maximum Gasteiger partial charge on any atom is 0.213 e. The summed E-state index contributed by atoms with van der Waals surface area (Å²) in [5.41, 5.74) is 0. The number of methoxy groups -OCH3 is 1. The molecule has 0 heterocycles. The van der Waals surface area contributed by atoms with Gasteiger partial charge in [-0.2, -0.15) is 0 Å². The molecule has 0 aromatic rings. The molecule has 0 saturated heterocycles. The van der Waals surface area contributed by atoms with E-state index in [1.54, 1.807) is 7.11 Å². The van der Waals surface area contributed by atoms with Crippen molar-refractivity contribution < 1.29 is 9.66 Å². The second kappa shape index (κ2) is 4.40. The van der Waals surface area contributed by atoms with Crippen molar-refractivity contribution in [2.45, 2.75) is 31.7 Å². The molecule has 1 aliphatic carbocycles. The van der Waals surface area contributed by atoms with Gasteiger partial charge >= 0.3 is 0 Å². The quantitative estimate of drug-likeness (QED) is 0.479. The van der Waals surface area contributed by atoms with Crippen molar-refractivity contribution in [3.05, 3.63) is 10.1 Å². The summed E-state index contributed by atoms with van der Waals surface area (Å²) in [5, 5.41) is 10.4. The van der Waals surface area contributed by atoms with Crippen LogP contribution >= 0.6 is 0 Å². The van der Waals surface area contributed by atoms with E-state index in [-0.39, 0.29) is 11.0 Å². The molecule has 1 saturated carbocycles. The van der Waals surface area contributed by atoms with Gasteiger partial charge in [0.25, 0.3) is 0 Å². The average Bonchev–Trinajstić information content (AvgIpc) is 2.06. The minimum atomic E-state index is -0.293. The Labute approximate surface area is 72.1 Å². The average molecular weight is 173 g/mol. The van der Waals surface area contributed by atoms with Crippen LogP contribution in [0.4, 0.5) is 0 Å². The van der Waals surface area contributed by atoms with Crippen molar-refractivity contribution in [1.82, 2.24) is 0 Å². The Hall–Kier alpha value is -0.640. The van der Waals surface area contributed by atoms with Gasteiger partial charge in [0.2, 0.25) is 6.04 Å². The number of rotatable bonds is 3. The van der Waals surface area contributed by atoms with Gasteiger partial charge in [-0.3, -0.25) is 10.1 Å². The molecule has 70 valence electrons. The maximum absolute atomic E-state index is 10.4. The van der Waals surface area contributed by atoms with Gasteiger partial charge in [-0.05, 0) is 18.8 Å². The van der Waals surface area contributed by atoms with E-state index < -0.39 is 0 Å². The summed E-state index contributed by atoms with van der Waals surface area (Å²) in [6.45, 7) is 0.754. The van der Waals surface area contributed by atoms with Crippen LogP contribution in [-0.4, -0.2) is 24.7 Å². The highest BCUT2D eigenvalue weighted by molar-refractivity contribution is 4.71. The Balaban J connectivity index is 2.25. The van der Waals surface area contributed by atoms with Gasteiger partial charge in [0.05, 0.1) is 0 Å². The lowest BCUT2D eigenvalue weighted by Gasteiger charge is -2.22. The van der Waals surface area contributed by atoms with Crippen molar-refractivity contribution in [1.29, 1.82) is 0 Å². The minimum Gasteiger partial charge on any atom is -0.384 e. The van der Waals surface area contributed by atoms with Crippen LogP contribution in [0.25, 0.3) is 0 Å². The van der Waals surface area contributed by atoms with Crippen LogP contribution in [0.5, 0.6) is 0 Å². The third-order valence-corrected chi connectivity index (χ3v) is 2.52. The summed E-state index contributed by atoms with van der Waals surface area (Å²) in [7, 11) is 1.68. The molecule has 0 bridgehead atoms. The van der Waals surface area contributed by atoms with Crippen molar-refractivity contribution in [2.24, 2.45) is 5.92 Å². The molecule has 1 aliphatic rings. The van der Waals surface area contributed by atoms with Crippen LogP contribution < -0.4 is 0 Å². The monoisotopic (exact) mass is 173 g/mol. The largest absolute Gasteiger partial charge is 0.384 e. The molecule has 0 N–H and O–H groups in total. The maximum atomic E-state index is 10.4.